The predicted molar refractivity (Wildman–Crippen MR) is 95.3 cm³/mol. The molecular weight excluding hydrogens is 330 g/mol. The molecule has 1 heterocycles. The van der Waals surface area contributed by atoms with Crippen molar-refractivity contribution in [2.75, 3.05) is 10.6 Å². The third kappa shape index (κ3) is 4.31. The first-order chi connectivity index (χ1) is 11.2. The fourth-order valence-electron chi connectivity index (χ4n) is 2.05. The van der Waals surface area contributed by atoms with Crippen molar-refractivity contribution in [2.24, 2.45) is 0 Å². The molecule has 0 aliphatic carbocycles. The summed E-state index contributed by atoms with van der Waals surface area (Å²) in [6.07, 6.45) is 1.75. The van der Waals surface area contributed by atoms with Crippen LogP contribution in [0.15, 0.2) is 60.8 Å². The first-order valence-electron chi connectivity index (χ1n) is 7.01. The number of hydrogen-bond acceptors (Lipinski definition) is 4. The minimum absolute atomic E-state index is 0.128. The molecule has 0 spiro atoms. The minimum Gasteiger partial charge on any atom is -0.380 e. The van der Waals surface area contributed by atoms with Crippen LogP contribution >= 0.6 is 22.9 Å². The average molecular weight is 344 g/mol. The van der Waals surface area contributed by atoms with Gasteiger partial charge in [-0.1, -0.05) is 35.9 Å². The van der Waals surface area contributed by atoms with Crippen LogP contribution in [0.5, 0.6) is 0 Å². The highest BCUT2D eigenvalue weighted by atomic mass is 35.5. The molecule has 4 nitrogen and oxygen atoms in total. The Labute approximate surface area is 143 Å². The fourth-order valence-corrected chi connectivity index (χ4v) is 2.97. The summed E-state index contributed by atoms with van der Waals surface area (Å²) >= 11 is 7.26. The number of nitrogens with zero attached hydrogens (tertiary/aromatic N) is 1. The van der Waals surface area contributed by atoms with Gasteiger partial charge in [-0.2, -0.15) is 0 Å². The monoisotopic (exact) mass is 343 g/mol. The molecule has 116 valence electrons. The lowest BCUT2D eigenvalue weighted by Crippen LogP contribution is -2.11. The van der Waals surface area contributed by atoms with E-state index in [1.807, 2.05) is 42.5 Å². The SMILES string of the molecule is O=C(Nc1cccc(NCc2cnc(Cl)s2)c1)c1ccccc1. The van der Waals surface area contributed by atoms with Crippen molar-refractivity contribution < 1.29 is 4.79 Å². The Morgan fingerprint density at radius 1 is 1.09 bits per heavy atom. The number of amides is 1. The molecule has 0 fully saturated rings. The third-order valence-corrected chi connectivity index (χ3v) is 4.26. The van der Waals surface area contributed by atoms with Crippen LogP contribution in [-0.4, -0.2) is 10.9 Å². The Kier molecular flexibility index (Phi) is 4.90. The first-order valence-corrected chi connectivity index (χ1v) is 8.21. The van der Waals surface area contributed by atoms with Crippen LogP contribution in [0, 0.1) is 0 Å². The van der Waals surface area contributed by atoms with Crippen LogP contribution in [-0.2, 0) is 6.54 Å². The normalized spacial score (nSPS) is 10.3. The Hall–Kier alpha value is -2.37. The van der Waals surface area contributed by atoms with Crippen LogP contribution in [0.1, 0.15) is 15.2 Å². The van der Waals surface area contributed by atoms with Gasteiger partial charge in [-0.05, 0) is 30.3 Å². The van der Waals surface area contributed by atoms with Crippen molar-refractivity contribution in [3.63, 3.8) is 0 Å². The summed E-state index contributed by atoms with van der Waals surface area (Å²) in [6, 6.07) is 16.7. The van der Waals surface area contributed by atoms with E-state index in [4.69, 9.17) is 11.6 Å². The van der Waals surface area contributed by atoms with E-state index in [0.717, 1.165) is 16.3 Å². The molecule has 0 unspecified atom stereocenters. The number of carbonyl (C=O) groups excluding carboxylic acids is 1. The van der Waals surface area contributed by atoms with Crippen molar-refractivity contribution in [2.45, 2.75) is 6.54 Å². The van der Waals surface area contributed by atoms with E-state index in [0.29, 0.717) is 16.6 Å². The summed E-state index contributed by atoms with van der Waals surface area (Å²) in [6.45, 7) is 0.639. The summed E-state index contributed by atoms with van der Waals surface area (Å²) in [5.74, 6) is -0.128. The van der Waals surface area contributed by atoms with E-state index in [1.54, 1.807) is 18.3 Å². The lowest BCUT2D eigenvalue weighted by atomic mass is 10.2. The van der Waals surface area contributed by atoms with Crippen LogP contribution < -0.4 is 10.6 Å². The molecule has 0 bridgehead atoms. The number of hydrogen-bond donors (Lipinski definition) is 2. The lowest BCUT2D eigenvalue weighted by Gasteiger charge is -2.09. The molecule has 3 rings (SSSR count). The molecule has 2 N–H and O–H groups in total. The molecule has 0 saturated heterocycles. The number of benzene rings is 2. The van der Waals surface area contributed by atoms with Gasteiger partial charge in [0.15, 0.2) is 4.47 Å². The number of anilines is 2. The van der Waals surface area contributed by atoms with Crippen molar-refractivity contribution in [1.29, 1.82) is 0 Å². The maximum absolute atomic E-state index is 12.2. The van der Waals surface area contributed by atoms with E-state index >= 15 is 0 Å². The van der Waals surface area contributed by atoms with Gasteiger partial charge in [0.25, 0.3) is 5.91 Å². The number of aromatic nitrogens is 1. The molecule has 0 radical (unpaired) electrons. The van der Waals surface area contributed by atoms with Gasteiger partial charge >= 0.3 is 0 Å². The number of carbonyl (C=O) groups is 1. The minimum atomic E-state index is -0.128. The van der Waals surface area contributed by atoms with E-state index < -0.39 is 0 Å². The van der Waals surface area contributed by atoms with E-state index in [9.17, 15) is 4.79 Å². The fraction of sp³-hybridized carbons (Fsp3) is 0.0588. The van der Waals surface area contributed by atoms with E-state index in [2.05, 4.69) is 15.6 Å². The number of rotatable bonds is 5. The van der Waals surface area contributed by atoms with E-state index in [1.165, 1.54) is 11.3 Å². The van der Waals surface area contributed by atoms with Crippen LogP contribution in [0.2, 0.25) is 4.47 Å². The molecule has 23 heavy (non-hydrogen) atoms. The van der Waals surface area contributed by atoms with Gasteiger partial charge < -0.3 is 10.6 Å². The highest BCUT2D eigenvalue weighted by Crippen LogP contribution is 2.20. The zero-order chi connectivity index (χ0) is 16.1. The Balaban J connectivity index is 1.64. The van der Waals surface area contributed by atoms with Crippen molar-refractivity contribution in [3.8, 4) is 0 Å². The van der Waals surface area contributed by atoms with Crippen molar-refractivity contribution >= 4 is 40.2 Å². The molecule has 0 atom stereocenters. The number of nitrogens with one attached hydrogen (secondary N) is 2. The van der Waals surface area contributed by atoms with Crippen molar-refractivity contribution in [3.05, 3.63) is 75.7 Å². The van der Waals surface area contributed by atoms with Gasteiger partial charge in [0.2, 0.25) is 0 Å². The standard InChI is InChI=1S/C17H14ClN3OS/c18-17-20-11-15(23-17)10-19-13-7-4-8-14(9-13)21-16(22)12-5-2-1-3-6-12/h1-9,11,19H,10H2,(H,21,22). The second-order valence-corrected chi connectivity index (χ2v) is 6.53. The lowest BCUT2D eigenvalue weighted by molar-refractivity contribution is 0.102. The van der Waals surface area contributed by atoms with Crippen molar-refractivity contribution in [1.82, 2.24) is 4.98 Å². The quantitative estimate of drug-likeness (QED) is 0.708. The highest BCUT2D eigenvalue weighted by Gasteiger charge is 2.05. The summed E-state index contributed by atoms with van der Waals surface area (Å²) in [5, 5.41) is 6.18. The first kappa shape index (κ1) is 15.5. The molecule has 0 saturated carbocycles. The summed E-state index contributed by atoms with van der Waals surface area (Å²) in [4.78, 5) is 17.2. The smallest absolute Gasteiger partial charge is 0.255 e. The number of halogens is 1. The Morgan fingerprint density at radius 2 is 1.87 bits per heavy atom. The zero-order valence-electron chi connectivity index (χ0n) is 12.1. The van der Waals surface area contributed by atoms with Gasteiger partial charge in [-0.25, -0.2) is 4.98 Å². The molecule has 0 aliphatic heterocycles. The summed E-state index contributed by atoms with van der Waals surface area (Å²) in [7, 11) is 0. The molecular formula is C17H14ClN3OS. The molecule has 0 aliphatic rings. The second kappa shape index (κ2) is 7.26. The molecule has 2 aromatic carbocycles. The Bertz CT molecular complexity index is 804. The molecule has 3 aromatic rings. The molecule has 6 heteroatoms. The maximum Gasteiger partial charge on any atom is 0.255 e. The van der Waals surface area contributed by atoms with Crippen LogP contribution in [0.4, 0.5) is 11.4 Å². The Morgan fingerprint density at radius 3 is 2.61 bits per heavy atom. The molecule has 1 amide bonds. The van der Waals surface area contributed by atoms with Gasteiger partial charge in [-0.3, -0.25) is 4.79 Å². The van der Waals surface area contributed by atoms with Gasteiger partial charge in [0.05, 0.1) is 6.54 Å². The van der Waals surface area contributed by atoms with E-state index in [-0.39, 0.29) is 5.91 Å². The molecule has 1 aromatic heterocycles. The van der Waals surface area contributed by atoms with Crippen LogP contribution in [0.25, 0.3) is 0 Å². The topological polar surface area (TPSA) is 54.0 Å². The van der Waals surface area contributed by atoms with Crippen LogP contribution in [0.3, 0.4) is 0 Å². The summed E-state index contributed by atoms with van der Waals surface area (Å²) in [5.41, 5.74) is 2.29. The maximum atomic E-state index is 12.2. The predicted octanol–water partition coefficient (Wildman–Crippen LogP) is 4.66. The highest BCUT2D eigenvalue weighted by molar-refractivity contribution is 7.15. The van der Waals surface area contributed by atoms with Gasteiger partial charge in [-0.15, -0.1) is 11.3 Å². The zero-order valence-corrected chi connectivity index (χ0v) is 13.7. The summed E-state index contributed by atoms with van der Waals surface area (Å²) < 4.78 is 0.533. The van der Waals surface area contributed by atoms with Gasteiger partial charge in [0.1, 0.15) is 0 Å². The second-order valence-electron chi connectivity index (χ2n) is 4.83. The average Bonchev–Trinajstić information content (AvgIpc) is 3.00. The number of thiazole rings is 1. The third-order valence-electron chi connectivity index (χ3n) is 3.15. The largest absolute Gasteiger partial charge is 0.380 e. The van der Waals surface area contributed by atoms with Gasteiger partial charge in [0, 0.05) is 28.0 Å².